The Hall–Kier alpha value is -3.27. The Morgan fingerprint density at radius 3 is 2.55 bits per heavy atom. The maximum Gasteiger partial charge on any atom is 0.322 e. The van der Waals surface area contributed by atoms with Gasteiger partial charge in [0.1, 0.15) is 23.6 Å². The van der Waals surface area contributed by atoms with Crippen LogP contribution in [0.3, 0.4) is 0 Å². The van der Waals surface area contributed by atoms with Gasteiger partial charge in [0.2, 0.25) is 0 Å². The van der Waals surface area contributed by atoms with Crippen LogP contribution in [-0.2, 0) is 4.79 Å². The molecule has 0 aliphatic rings. The number of benzene rings is 2. The Labute approximate surface area is 125 Å². The van der Waals surface area contributed by atoms with Crippen molar-refractivity contribution in [1.29, 1.82) is 5.26 Å². The molecule has 0 spiro atoms. The summed E-state index contributed by atoms with van der Waals surface area (Å²) in [6, 6.07) is 6.57. The molecule has 0 heterocycles. The molecule has 2 aromatic rings. The molecule has 22 heavy (non-hydrogen) atoms. The molecule has 0 aliphatic carbocycles. The number of rotatable bonds is 3. The van der Waals surface area contributed by atoms with E-state index in [2.05, 4.69) is 5.32 Å². The third kappa shape index (κ3) is 2.38. The van der Waals surface area contributed by atoms with Crippen LogP contribution in [0.4, 0.5) is 0 Å². The quantitative estimate of drug-likeness (QED) is 0.674. The number of carbonyl (C=O) groups excluding carboxylic acids is 1. The molecule has 0 unspecified atom stereocenters. The van der Waals surface area contributed by atoms with Crippen LogP contribution in [0.1, 0.15) is 21.5 Å². The number of phenolic OH excluding ortho intramolecular Hbond substituents is 2. The van der Waals surface area contributed by atoms with Gasteiger partial charge in [0.25, 0.3) is 5.91 Å². The van der Waals surface area contributed by atoms with Gasteiger partial charge < -0.3 is 20.6 Å². The molecule has 4 N–H and O–H groups in total. The Morgan fingerprint density at radius 1 is 1.27 bits per heavy atom. The Morgan fingerprint density at radius 2 is 1.95 bits per heavy atom. The van der Waals surface area contributed by atoms with Crippen LogP contribution in [0.15, 0.2) is 18.2 Å². The van der Waals surface area contributed by atoms with E-state index in [0.29, 0.717) is 10.9 Å². The molecule has 112 valence electrons. The number of phenols is 2. The first kappa shape index (κ1) is 15.1. The number of aliphatic carboxylic acids is 1. The standard InChI is InChI=1S/C15H12N2O5/c1-7-9-4-2-3-8(5-16)11(9)14(21)12(13(7)20)15(22)17-6-10(18)19/h2-4,20-21H,6H2,1H3,(H,17,22)(H,18,19). The van der Waals surface area contributed by atoms with Crippen molar-refractivity contribution in [3.8, 4) is 17.6 Å². The van der Waals surface area contributed by atoms with Gasteiger partial charge in [-0.25, -0.2) is 0 Å². The van der Waals surface area contributed by atoms with Crippen LogP contribution in [0.2, 0.25) is 0 Å². The Balaban J connectivity index is 2.73. The van der Waals surface area contributed by atoms with Gasteiger partial charge in [-0.1, -0.05) is 12.1 Å². The van der Waals surface area contributed by atoms with Gasteiger partial charge in [-0.15, -0.1) is 0 Å². The highest BCUT2D eigenvalue weighted by atomic mass is 16.4. The lowest BCUT2D eigenvalue weighted by Crippen LogP contribution is -2.29. The van der Waals surface area contributed by atoms with Crippen molar-refractivity contribution >= 4 is 22.6 Å². The van der Waals surface area contributed by atoms with Crippen LogP contribution in [0.25, 0.3) is 10.8 Å². The van der Waals surface area contributed by atoms with Crippen molar-refractivity contribution in [1.82, 2.24) is 5.32 Å². The summed E-state index contributed by atoms with van der Waals surface area (Å²) in [5.41, 5.74) is 0.00436. The number of nitrogens with one attached hydrogen (secondary N) is 1. The van der Waals surface area contributed by atoms with E-state index < -0.39 is 35.5 Å². The van der Waals surface area contributed by atoms with Crippen molar-refractivity contribution in [3.05, 3.63) is 34.9 Å². The van der Waals surface area contributed by atoms with E-state index in [1.165, 1.54) is 13.0 Å². The summed E-state index contributed by atoms with van der Waals surface area (Å²) in [5, 5.41) is 40.7. The number of nitriles is 1. The summed E-state index contributed by atoms with van der Waals surface area (Å²) in [4.78, 5) is 22.5. The number of carbonyl (C=O) groups is 2. The van der Waals surface area contributed by atoms with Gasteiger partial charge in [-0.2, -0.15) is 5.26 Å². The fraction of sp³-hybridized carbons (Fsp3) is 0.133. The number of hydrogen-bond donors (Lipinski definition) is 4. The first-order valence-electron chi connectivity index (χ1n) is 6.25. The van der Waals surface area contributed by atoms with Crippen molar-refractivity contribution in [2.75, 3.05) is 6.54 Å². The van der Waals surface area contributed by atoms with Crippen LogP contribution in [0.5, 0.6) is 11.5 Å². The number of carboxylic acid groups (broad SMARTS) is 1. The second kappa shape index (κ2) is 5.61. The molecule has 0 saturated carbocycles. The third-order valence-corrected chi connectivity index (χ3v) is 3.28. The molecule has 7 nitrogen and oxygen atoms in total. The van der Waals surface area contributed by atoms with Gasteiger partial charge in [0, 0.05) is 5.39 Å². The zero-order chi connectivity index (χ0) is 16.4. The lowest BCUT2D eigenvalue weighted by molar-refractivity contribution is -0.135. The summed E-state index contributed by atoms with van der Waals surface area (Å²) >= 11 is 0. The first-order valence-corrected chi connectivity index (χ1v) is 6.25. The van der Waals surface area contributed by atoms with E-state index in [1.54, 1.807) is 12.1 Å². The van der Waals surface area contributed by atoms with Crippen LogP contribution >= 0.6 is 0 Å². The highest BCUT2D eigenvalue weighted by Crippen LogP contribution is 2.40. The highest BCUT2D eigenvalue weighted by molar-refractivity contribution is 6.09. The minimum absolute atomic E-state index is 0.140. The number of carboxylic acids is 1. The minimum atomic E-state index is -1.26. The predicted octanol–water partition coefficient (Wildman–Crippen LogP) is 1.25. The summed E-state index contributed by atoms with van der Waals surface area (Å²) in [6.07, 6.45) is 0. The molecule has 0 bridgehead atoms. The van der Waals surface area contributed by atoms with Crippen molar-refractivity contribution < 1.29 is 24.9 Å². The van der Waals surface area contributed by atoms with Gasteiger partial charge in [-0.05, 0) is 23.9 Å². The molecule has 1 amide bonds. The van der Waals surface area contributed by atoms with Gasteiger partial charge in [0.05, 0.1) is 11.6 Å². The van der Waals surface area contributed by atoms with E-state index in [-0.39, 0.29) is 10.9 Å². The smallest absolute Gasteiger partial charge is 0.322 e. The molecule has 7 heteroatoms. The Bertz CT molecular complexity index is 836. The van der Waals surface area contributed by atoms with Crippen LogP contribution < -0.4 is 5.32 Å². The highest BCUT2D eigenvalue weighted by Gasteiger charge is 2.24. The summed E-state index contributed by atoms with van der Waals surface area (Å²) in [5.74, 6) is -3.21. The van der Waals surface area contributed by atoms with E-state index in [0.717, 1.165) is 0 Å². The summed E-state index contributed by atoms with van der Waals surface area (Å²) < 4.78 is 0. The normalized spacial score (nSPS) is 10.2. The second-order valence-electron chi connectivity index (χ2n) is 4.61. The second-order valence-corrected chi connectivity index (χ2v) is 4.61. The molecule has 0 aliphatic heterocycles. The molecule has 0 atom stereocenters. The fourth-order valence-electron chi connectivity index (χ4n) is 2.22. The number of amides is 1. The molecule has 2 aromatic carbocycles. The maximum absolute atomic E-state index is 12.0. The monoisotopic (exact) mass is 300 g/mol. The molecular formula is C15H12N2O5. The summed E-state index contributed by atoms with van der Waals surface area (Å²) in [6.45, 7) is 0.876. The number of nitrogens with zero attached hydrogens (tertiary/aromatic N) is 1. The third-order valence-electron chi connectivity index (χ3n) is 3.28. The molecule has 0 radical (unpaired) electrons. The predicted molar refractivity (Wildman–Crippen MR) is 76.7 cm³/mol. The summed E-state index contributed by atoms with van der Waals surface area (Å²) in [7, 11) is 0. The largest absolute Gasteiger partial charge is 0.507 e. The first-order chi connectivity index (χ1) is 10.4. The minimum Gasteiger partial charge on any atom is -0.507 e. The number of hydrogen-bond acceptors (Lipinski definition) is 5. The molecule has 0 aromatic heterocycles. The van der Waals surface area contributed by atoms with Crippen LogP contribution in [-0.4, -0.2) is 33.7 Å². The van der Waals surface area contributed by atoms with E-state index in [1.807, 2.05) is 6.07 Å². The number of fused-ring (bicyclic) bond motifs is 1. The molecular weight excluding hydrogens is 288 g/mol. The van der Waals surface area contributed by atoms with E-state index in [9.17, 15) is 19.8 Å². The van der Waals surface area contributed by atoms with Gasteiger partial charge >= 0.3 is 5.97 Å². The van der Waals surface area contributed by atoms with Crippen molar-refractivity contribution in [2.24, 2.45) is 0 Å². The average molecular weight is 300 g/mol. The van der Waals surface area contributed by atoms with Crippen LogP contribution in [0, 0.1) is 18.3 Å². The lowest BCUT2D eigenvalue weighted by atomic mass is 9.95. The van der Waals surface area contributed by atoms with E-state index in [4.69, 9.17) is 10.4 Å². The molecule has 0 fully saturated rings. The SMILES string of the molecule is Cc1c(O)c(C(=O)NCC(=O)O)c(O)c2c(C#N)cccc12. The van der Waals surface area contributed by atoms with E-state index >= 15 is 0 Å². The van der Waals surface area contributed by atoms with Gasteiger partial charge in [0.15, 0.2) is 0 Å². The molecule has 0 saturated heterocycles. The zero-order valence-corrected chi connectivity index (χ0v) is 11.5. The topological polar surface area (TPSA) is 131 Å². The number of aryl methyl sites for hydroxylation is 1. The zero-order valence-electron chi connectivity index (χ0n) is 11.5. The molecule has 2 rings (SSSR count). The lowest BCUT2D eigenvalue weighted by Gasteiger charge is -2.14. The van der Waals surface area contributed by atoms with Crippen molar-refractivity contribution in [2.45, 2.75) is 6.92 Å². The maximum atomic E-state index is 12.0. The fourth-order valence-corrected chi connectivity index (χ4v) is 2.22. The Kier molecular flexibility index (Phi) is 3.86. The average Bonchev–Trinajstić information content (AvgIpc) is 2.50. The van der Waals surface area contributed by atoms with Crippen molar-refractivity contribution in [3.63, 3.8) is 0 Å². The van der Waals surface area contributed by atoms with Gasteiger partial charge in [-0.3, -0.25) is 9.59 Å². The number of aromatic hydroxyl groups is 2.